The fourth-order valence-electron chi connectivity index (χ4n) is 2.90. The van der Waals surface area contributed by atoms with E-state index in [1.54, 1.807) is 7.11 Å². The number of thiazole rings is 1. The molecule has 0 fully saturated rings. The fraction of sp³-hybridized carbons (Fsp3) is 0.100. The molecule has 26 heavy (non-hydrogen) atoms. The number of ether oxygens (including phenoxy) is 1. The van der Waals surface area contributed by atoms with Crippen LogP contribution < -0.4 is 10.1 Å². The summed E-state index contributed by atoms with van der Waals surface area (Å²) in [6, 6.07) is 15.7. The normalized spacial score (nSPS) is 11.0. The first-order valence-electron chi connectivity index (χ1n) is 8.00. The van der Waals surface area contributed by atoms with Gasteiger partial charge < -0.3 is 4.74 Å². The Kier molecular flexibility index (Phi) is 4.38. The molecule has 0 saturated heterocycles. The highest BCUT2D eigenvalue weighted by molar-refractivity contribution is 9.10. The second-order valence-electron chi connectivity index (χ2n) is 5.94. The number of hydrogen-bond donors (Lipinski definition) is 1. The monoisotopic (exact) mass is 426 g/mol. The summed E-state index contributed by atoms with van der Waals surface area (Å²) in [5.74, 6) is 0.266. The second-order valence-corrected chi connectivity index (χ2v) is 7.76. The molecule has 130 valence electrons. The maximum absolute atomic E-state index is 12.9. The number of hydrogen-bond acceptors (Lipinski definition) is 4. The van der Waals surface area contributed by atoms with Crippen LogP contribution in [0.2, 0.25) is 0 Å². The van der Waals surface area contributed by atoms with Gasteiger partial charge in [0.2, 0.25) is 0 Å². The van der Waals surface area contributed by atoms with Gasteiger partial charge in [-0.2, -0.15) is 0 Å². The number of nitrogens with one attached hydrogen (secondary N) is 1. The maximum Gasteiger partial charge on any atom is 0.261 e. The molecule has 1 amide bonds. The predicted molar refractivity (Wildman–Crippen MR) is 111 cm³/mol. The molecule has 0 aliphatic rings. The number of carbonyl (C=O) groups excluding carboxylic acids is 1. The third-order valence-corrected chi connectivity index (χ3v) is 5.88. The van der Waals surface area contributed by atoms with E-state index in [0.29, 0.717) is 16.4 Å². The number of halogens is 1. The third kappa shape index (κ3) is 2.95. The van der Waals surface area contributed by atoms with E-state index < -0.39 is 0 Å². The summed E-state index contributed by atoms with van der Waals surface area (Å²) in [7, 11) is 1.56. The Morgan fingerprint density at radius 3 is 2.81 bits per heavy atom. The molecule has 1 aromatic heterocycles. The van der Waals surface area contributed by atoms with Crippen molar-refractivity contribution < 1.29 is 9.53 Å². The van der Waals surface area contributed by atoms with Crippen LogP contribution >= 0.6 is 27.3 Å². The topological polar surface area (TPSA) is 51.2 Å². The summed E-state index contributed by atoms with van der Waals surface area (Å²) in [5.41, 5.74) is 2.51. The van der Waals surface area contributed by atoms with Gasteiger partial charge in [-0.1, -0.05) is 41.7 Å². The van der Waals surface area contributed by atoms with Crippen molar-refractivity contribution >= 4 is 59.3 Å². The van der Waals surface area contributed by atoms with E-state index in [2.05, 4.69) is 32.3 Å². The summed E-state index contributed by atoms with van der Waals surface area (Å²) in [6.07, 6.45) is 0. The summed E-state index contributed by atoms with van der Waals surface area (Å²) in [6.45, 7) is 2.04. The number of benzene rings is 3. The molecule has 0 aliphatic carbocycles. The Bertz CT molecular complexity index is 1150. The predicted octanol–water partition coefficient (Wildman–Crippen LogP) is 5.78. The molecule has 0 saturated carbocycles. The average molecular weight is 427 g/mol. The van der Waals surface area contributed by atoms with E-state index in [9.17, 15) is 4.79 Å². The van der Waals surface area contributed by atoms with Crippen LogP contribution in [-0.2, 0) is 0 Å². The number of methoxy groups -OCH3 is 1. The summed E-state index contributed by atoms with van der Waals surface area (Å²) >= 11 is 5.02. The molecule has 4 nitrogen and oxygen atoms in total. The quantitative estimate of drug-likeness (QED) is 0.451. The van der Waals surface area contributed by atoms with Crippen molar-refractivity contribution in [2.45, 2.75) is 6.92 Å². The number of aryl methyl sites for hydroxylation is 1. The van der Waals surface area contributed by atoms with E-state index in [4.69, 9.17) is 4.74 Å². The Hall–Kier alpha value is -2.44. The molecule has 0 radical (unpaired) electrons. The van der Waals surface area contributed by atoms with Crippen molar-refractivity contribution in [2.24, 2.45) is 0 Å². The molecular formula is C20H15BrN2O2S. The van der Waals surface area contributed by atoms with Crippen molar-refractivity contribution in [3.63, 3.8) is 0 Å². The Morgan fingerprint density at radius 2 is 2.00 bits per heavy atom. The minimum Gasteiger partial charge on any atom is -0.495 e. The smallest absolute Gasteiger partial charge is 0.261 e. The second kappa shape index (κ2) is 6.70. The highest BCUT2D eigenvalue weighted by atomic mass is 79.9. The lowest BCUT2D eigenvalue weighted by Crippen LogP contribution is -2.13. The van der Waals surface area contributed by atoms with Crippen molar-refractivity contribution in [1.82, 2.24) is 4.98 Å². The lowest BCUT2D eigenvalue weighted by molar-refractivity contribution is 0.102. The Balaban J connectivity index is 1.75. The molecule has 0 atom stereocenters. The zero-order chi connectivity index (χ0) is 18.3. The summed E-state index contributed by atoms with van der Waals surface area (Å²) in [4.78, 5) is 17.4. The van der Waals surface area contributed by atoms with Gasteiger partial charge in [-0.05, 0) is 57.4 Å². The summed E-state index contributed by atoms with van der Waals surface area (Å²) in [5, 5.41) is 5.43. The van der Waals surface area contributed by atoms with E-state index in [-0.39, 0.29) is 5.91 Å². The van der Waals surface area contributed by atoms with Crippen LogP contribution in [0.15, 0.2) is 53.0 Å². The van der Waals surface area contributed by atoms with Gasteiger partial charge in [0, 0.05) is 0 Å². The molecule has 4 aromatic rings. The molecule has 0 spiro atoms. The van der Waals surface area contributed by atoms with Gasteiger partial charge in [0.15, 0.2) is 5.13 Å². The molecule has 6 heteroatoms. The van der Waals surface area contributed by atoms with Crippen molar-refractivity contribution in [1.29, 1.82) is 0 Å². The van der Waals surface area contributed by atoms with Crippen LogP contribution in [0.5, 0.6) is 5.75 Å². The fourth-order valence-corrected chi connectivity index (χ4v) is 4.60. The molecule has 0 unspecified atom stereocenters. The van der Waals surface area contributed by atoms with Gasteiger partial charge in [-0.25, -0.2) is 4.98 Å². The van der Waals surface area contributed by atoms with E-state index >= 15 is 0 Å². The van der Waals surface area contributed by atoms with Crippen LogP contribution in [0.25, 0.3) is 21.0 Å². The first kappa shape index (κ1) is 17.0. The van der Waals surface area contributed by atoms with Crippen LogP contribution in [0.4, 0.5) is 5.13 Å². The van der Waals surface area contributed by atoms with Crippen LogP contribution in [-0.4, -0.2) is 18.0 Å². The van der Waals surface area contributed by atoms with Crippen LogP contribution in [0, 0.1) is 6.92 Å². The highest BCUT2D eigenvalue weighted by Crippen LogP contribution is 2.37. The first-order valence-corrected chi connectivity index (χ1v) is 9.61. The minimum atomic E-state index is -0.246. The molecule has 0 aliphatic heterocycles. The van der Waals surface area contributed by atoms with Crippen LogP contribution in [0.1, 0.15) is 15.9 Å². The largest absolute Gasteiger partial charge is 0.495 e. The molecule has 3 aromatic carbocycles. The number of aromatic nitrogens is 1. The Labute approximate surface area is 162 Å². The van der Waals surface area contributed by atoms with Gasteiger partial charge in [-0.3, -0.25) is 10.1 Å². The minimum absolute atomic E-state index is 0.246. The number of fused-ring (bicyclic) bond motifs is 2. The molecular weight excluding hydrogens is 412 g/mol. The number of anilines is 1. The van der Waals surface area contributed by atoms with Gasteiger partial charge in [0.1, 0.15) is 5.75 Å². The third-order valence-electron chi connectivity index (χ3n) is 4.15. The number of rotatable bonds is 3. The van der Waals surface area contributed by atoms with E-state index in [0.717, 1.165) is 25.5 Å². The van der Waals surface area contributed by atoms with E-state index in [1.165, 1.54) is 16.9 Å². The SMILES string of the molecule is COc1c(C(=O)Nc2nc3ccc(C)cc3s2)cc2ccccc2c1Br. The maximum atomic E-state index is 12.9. The summed E-state index contributed by atoms with van der Waals surface area (Å²) < 4.78 is 7.31. The first-order chi connectivity index (χ1) is 12.6. The molecule has 0 bridgehead atoms. The number of nitrogens with zero attached hydrogens (tertiary/aromatic N) is 1. The standard InChI is InChI=1S/C20H15BrN2O2S/c1-11-7-8-15-16(9-11)26-20(22-15)23-19(24)14-10-12-5-3-4-6-13(12)17(21)18(14)25-2/h3-10H,1-2H3,(H,22,23,24). The molecule has 4 rings (SSSR count). The highest BCUT2D eigenvalue weighted by Gasteiger charge is 2.19. The van der Waals surface area contributed by atoms with E-state index in [1.807, 2.05) is 49.4 Å². The number of amides is 1. The van der Waals surface area contributed by atoms with Crippen molar-refractivity contribution in [2.75, 3.05) is 12.4 Å². The van der Waals surface area contributed by atoms with Gasteiger partial charge in [0.05, 0.1) is 27.4 Å². The van der Waals surface area contributed by atoms with Gasteiger partial charge in [0.25, 0.3) is 5.91 Å². The lowest BCUT2D eigenvalue weighted by Gasteiger charge is -2.12. The zero-order valence-corrected chi connectivity index (χ0v) is 16.6. The van der Waals surface area contributed by atoms with Crippen molar-refractivity contribution in [3.8, 4) is 5.75 Å². The van der Waals surface area contributed by atoms with Gasteiger partial charge in [-0.15, -0.1) is 0 Å². The van der Waals surface area contributed by atoms with Crippen molar-refractivity contribution in [3.05, 3.63) is 64.1 Å². The van der Waals surface area contributed by atoms with Crippen LogP contribution in [0.3, 0.4) is 0 Å². The molecule has 1 N–H and O–H groups in total. The van der Waals surface area contributed by atoms with Gasteiger partial charge >= 0.3 is 0 Å². The lowest BCUT2D eigenvalue weighted by atomic mass is 10.1. The zero-order valence-electron chi connectivity index (χ0n) is 14.2. The number of carbonyl (C=O) groups is 1. The molecule has 1 heterocycles. The Morgan fingerprint density at radius 1 is 1.19 bits per heavy atom. The average Bonchev–Trinajstić information content (AvgIpc) is 3.02.